The van der Waals surface area contributed by atoms with E-state index >= 15 is 0 Å². The molecule has 8 aromatic rings. The Morgan fingerprint density at radius 1 is 0.435 bits per heavy atom. The van der Waals surface area contributed by atoms with Crippen LogP contribution >= 0.6 is 11.3 Å². The standard InChI is InChI=1S/C43H27NOS/c1-4-12-35-31(9-1)32-10-2-5-13-36(32)43(35)37-14-6-7-15-39(37)45-40-26-30(22-23-38(40)43)44-29-20-17-27(18-21-29)28-19-24-42-34(25-28)33-11-3-8-16-41(33)46-42/h1-26,44H. The molecule has 1 aliphatic heterocycles. The molecule has 46 heavy (non-hydrogen) atoms. The summed E-state index contributed by atoms with van der Waals surface area (Å²) in [5, 5.41) is 6.29. The Labute approximate surface area is 271 Å². The van der Waals surface area contributed by atoms with Crippen molar-refractivity contribution in [3.8, 4) is 33.8 Å². The maximum Gasteiger partial charge on any atom is 0.134 e. The average Bonchev–Trinajstić information content (AvgIpc) is 3.63. The van der Waals surface area contributed by atoms with E-state index in [1.54, 1.807) is 0 Å². The molecule has 0 saturated heterocycles. The van der Waals surface area contributed by atoms with Crippen molar-refractivity contribution in [2.24, 2.45) is 0 Å². The molecule has 10 rings (SSSR count). The molecule has 1 aromatic heterocycles. The fourth-order valence-electron chi connectivity index (χ4n) is 7.76. The summed E-state index contributed by atoms with van der Waals surface area (Å²) >= 11 is 1.85. The number of benzene rings is 7. The Kier molecular flexibility index (Phi) is 5.40. The fourth-order valence-corrected chi connectivity index (χ4v) is 8.84. The summed E-state index contributed by atoms with van der Waals surface area (Å²) in [4.78, 5) is 0. The van der Waals surface area contributed by atoms with Crippen LogP contribution in [0, 0.1) is 0 Å². The van der Waals surface area contributed by atoms with E-state index in [2.05, 4.69) is 163 Å². The Morgan fingerprint density at radius 3 is 1.85 bits per heavy atom. The van der Waals surface area contributed by atoms with Crippen LogP contribution in [0.3, 0.4) is 0 Å². The predicted octanol–water partition coefficient (Wildman–Crippen LogP) is 11.9. The minimum atomic E-state index is -0.438. The molecule has 1 aliphatic carbocycles. The number of hydrogen-bond acceptors (Lipinski definition) is 3. The third-order valence-electron chi connectivity index (χ3n) is 9.73. The lowest BCUT2D eigenvalue weighted by Crippen LogP contribution is -2.32. The molecule has 0 bridgehead atoms. The van der Waals surface area contributed by atoms with Gasteiger partial charge >= 0.3 is 0 Å². The van der Waals surface area contributed by atoms with Crippen LogP contribution in [0.2, 0.25) is 0 Å². The normalized spacial score (nSPS) is 13.6. The summed E-state index contributed by atoms with van der Waals surface area (Å²) in [6, 6.07) is 56.9. The van der Waals surface area contributed by atoms with Crippen molar-refractivity contribution >= 4 is 42.9 Å². The van der Waals surface area contributed by atoms with E-state index in [1.807, 2.05) is 11.3 Å². The van der Waals surface area contributed by atoms with E-state index in [1.165, 1.54) is 64.7 Å². The first-order chi connectivity index (χ1) is 22.8. The second-order valence-corrected chi connectivity index (χ2v) is 13.2. The quantitative estimate of drug-likeness (QED) is 0.216. The molecule has 0 saturated carbocycles. The van der Waals surface area contributed by atoms with E-state index in [-0.39, 0.29) is 0 Å². The Bertz CT molecular complexity index is 2440. The molecule has 2 aliphatic rings. The van der Waals surface area contributed by atoms with Gasteiger partial charge in [0.05, 0.1) is 5.41 Å². The van der Waals surface area contributed by atoms with Crippen molar-refractivity contribution in [2.45, 2.75) is 5.41 Å². The average molecular weight is 606 g/mol. The van der Waals surface area contributed by atoms with Gasteiger partial charge < -0.3 is 10.1 Å². The zero-order valence-electron chi connectivity index (χ0n) is 24.8. The summed E-state index contributed by atoms with van der Waals surface area (Å²) in [6.45, 7) is 0. The molecule has 0 amide bonds. The molecule has 0 atom stereocenters. The minimum Gasteiger partial charge on any atom is -0.457 e. The number of para-hydroxylation sites is 1. The molecule has 2 heterocycles. The number of hydrogen-bond donors (Lipinski definition) is 1. The van der Waals surface area contributed by atoms with Gasteiger partial charge in [-0.05, 0) is 75.8 Å². The van der Waals surface area contributed by atoms with Crippen LogP contribution in [0.25, 0.3) is 42.4 Å². The summed E-state index contributed by atoms with van der Waals surface area (Å²) in [5.74, 6) is 1.78. The number of fused-ring (bicyclic) bond motifs is 12. The van der Waals surface area contributed by atoms with Crippen LogP contribution in [0.4, 0.5) is 11.4 Å². The van der Waals surface area contributed by atoms with Crippen molar-refractivity contribution in [2.75, 3.05) is 5.32 Å². The van der Waals surface area contributed by atoms with E-state index in [0.29, 0.717) is 0 Å². The maximum absolute atomic E-state index is 6.67. The zero-order valence-corrected chi connectivity index (χ0v) is 25.6. The summed E-state index contributed by atoms with van der Waals surface area (Å²) in [7, 11) is 0. The smallest absolute Gasteiger partial charge is 0.134 e. The van der Waals surface area contributed by atoms with Crippen LogP contribution < -0.4 is 10.1 Å². The third-order valence-corrected chi connectivity index (χ3v) is 10.9. The highest BCUT2D eigenvalue weighted by Gasteiger charge is 2.50. The second kappa shape index (κ2) is 9.68. The Hall–Kier alpha value is -5.64. The lowest BCUT2D eigenvalue weighted by Gasteiger charge is -2.39. The third kappa shape index (κ3) is 3.58. The maximum atomic E-state index is 6.67. The highest BCUT2D eigenvalue weighted by atomic mass is 32.1. The molecule has 7 aromatic carbocycles. The molecule has 0 fully saturated rings. The SMILES string of the molecule is c1ccc2c(c1)Oc1cc(Nc3ccc(-c4ccc5sc6ccccc6c5c4)cc3)ccc1C21c2ccccc2-c2ccccc21. The topological polar surface area (TPSA) is 21.3 Å². The lowest BCUT2D eigenvalue weighted by atomic mass is 9.66. The summed E-state index contributed by atoms with van der Waals surface area (Å²) in [5.41, 5.74) is 11.6. The molecule has 3 heteroatoms. The number of rotatable bonds is 3. The van der Waals surface area contributed by atoms with Gasteiger partial charge in [0.15, 0.2) is 0 Å². The molecular formula is C43H27NOS. The minimum absolute atomic E-state index is 0.438. The summed E-state index contributed by atoms with van der Waals surface area (Å²) in [6.07, 6.45) is 0. The second-order valence-electron chi connectivity index (χ2n) is 12.2. The van der Waals surface area contributed by atoms with Gasteiger partial charge in [-0.25, -0.2) is 0 Å². The molecule has 1 spiro atoms. The fraction of sp³-hybridized carbons (Fsp3) is 0.0233. The van der Waals surface area contributed by atoms with Crippen LogP contribution in [-0.4, -0.2) is 0 Å². The van der Waals surface area contributed by atoms with Gasteiger partial charge in [0.2, 0.25) is 0 Å². The highest BCUT2D eigenvalue weighted by Crippen LogP contribution is 2.62. The van der Waals surface area contributed by atoms with Gasteiger partial charge in [-0.2, -0.15) is 0 Å². The van der Waals surface area contributed by atoms with Crippen molar-refractivity contribution in [1.29, 1.82) is 0 Å². The summed E-state index contributed by atoms with van der Waals surface area (Å²) < 4.78 is 9.33. The zero-order chi connectivity index (χ0) is 30.2. The lowest BCUT2D eigenvalue weighted by molar-refractivity contribution is 0.436. The van der Waals surface area contributed by atoms with Crippen molar-refractivity contribution in [3.05, 3.63) is 180 Å². The van der Waals surface area contributed by atoms with Gasteiger partial charge in [0.25, 0.3) is 0 Å². The van der Waals surface area contributed by atoms with Gasteiger partial charge in [0, 0.05) is 48.7 Å². The molecule has 216 valence electrons. The van der Waals surface area contributed by atoms with E-state index < -0.39 is 5.41 Å². The monoisotopic (exact) mass is 605 g/mol. The predicted molar refractivity (Wildman–Crippen MR) is 192 cm³/mol. The van der Waals surface area contributed by atoms with Gasteiger partial charge in [-0.1, -0.05) is 109 Å². The molecule has 2 nitrogen and oxygen atoms in total. The van der Waals surface area contributed by atoms with E-state index in [0.717, 1.165) is 22.9 Å². The first-order valence-electron chi connectivity index (χ1n) is 15.7. The van der Waals surface area contributed by atoms with Crippen LogP contribution in [0.15, 0.2) is 158 Å². The molecule has 0 unspecified atom stereocenters. The van der Waals surface area contributed by atoms with Crippen LogP contribution in [-0.2, 0) is 5.41 Å². The van der Waals surface area contributed by atoms with Gasteiger partial charge in [-0.15, -0.1) is 11.3 Å². The molecule has 0 radical (unpaired) electrons. The number of ether oxygens (including phenoxy) is 1. The first-order valence-corrected chi connectivity index (χ1v) is 16.5. The largest absolute Gasteiger partial charge is 0.457 e. The van der Waals surface area contributed by atoms with Crippen molar-refractivity contribution < 1.29 is 4.74 Å². The van der Waals surface area contributed by atoms with Crippen molar-refractivity contribution in [1.82, 2.24) is 0 Å². The number of anilines is 2. The Morgan fingerprint density at radius 2 is 1.04 bits per heavy atom. The van der Waals surface area contributed by atoms with Crippen LogP contribution in [0.5, 0.6) is 11.5 Å². The molecular weight excluding hydrogens is 579 g/mol. The van der Waals surface area contributed by atoms with Crippen LogP contribution in [0.1, 0.15) is 22.3 Å². The van der Waals surface area contributed by atoms with Gasteiger partial charge in [0.1, 0.15) is 11.5 Å². The Balaban J connectivity index is 1.03. The number of nitrogens with one attached hydrogen (secondary N) is 1. The van der Waals surface area contributed by atoms with Crippen molar-refractivity contribution in [3.63, 3.8) is 0 Å². The highest BCUT2D eigenvalue weighted by molar-refractivity contribution is 7.25. The van der Waals surface area contributed by atoms with E-state index in [9.17, 15) is 0 Å². The van der Waals surface area contributed by atoms with Gasteiger partial charge in [-0.3, -0.25) is 0 Å². The molecule has 1 N–H and O–H groups in total. The first kappa shape index (κ1) is 25.7. The van der Waals surface area contributed by atoms with E-state index in [4.69, 9.17) is 4.74 Å². The number of thiophene rings is 1.